The molecular weight excluding hydrogens is 1240 g/mol. The predicted molar refractivity (Wildman–Crippen MR) is 366 cm³/mol. The van der Waals surface area contributed by atoms with Gasteiger partial charge in [-0.15, -0.1) is 0 Å². The lowest BCUT2D eigenvalue weighted by Crippen LogP contribution is -2.70. The summed E-state index contributed by atoms with van der Waals surface area (Å²) in [4.78, 5) is 38.7. The van der Waals surface area contributed by atoms with Crippen LogP contribution in [0.25, 0.3) is 0 Å². The molecule has 3 fully saturated rings. The third-order valence-electron chi connectivity index (χ3n) is 19.8. The molecule has 566 valence electrons. The van der Waals surface area contributed by atoms with Crippen molar-refractivity contribution in [1.29, 1.82) is 0 Å². The Kier molecular flexibility index (Phi) is 49.0. The number of carbonyl (C=O) groups excluding carboxylic acids is 2. The number of unbranched alkanes of at least 4 members (excludes halogenated alkanes) is 40. The van der Waals surface area contributed by atoms with Crippen molar-refractivity contribution in [2.45, 2.75) is 420 Å². The summed E-state index contributed by atoms with van der Waals surface area (Å²) in [7, 11) is 0. The van der Waals surface area contributed by atoms with Crippen molar-refractivity contribution in [1.82, 2.24) is 10.6 Å². The zero-order chi connectivity index (χ0) is 70.4. The molecule has 0 bridgehead atoms. The number of rotatable bonds is 60. The summed E-state index contributed by atoms with van der Waals surface area (Å²) in [6, 6.07) is -2.52. The molecule has 0 aromatic carbocycles. The monoisotopic (exact) mass is 1380 g/mol. The molecule has 18 atom stereocenters. The van der Waals surface area contributed by atoms with Crippen molar-refractivity contribution in [3.05, 3.63) is 0 Å². The Morgan fingerprint density at radius 2 is 0.906 bits per heavy atom. The maximum Gasteiger partial charge on any atom is 0.364 e. The first-order valence-corrected chi connectivity index (χ1v) is 38.4. The first kappa shape index (κ1) is 87.9. The molecule has 14 N–H and O–H groups in total. The highest BCUT2D eigenvalue weighted by molar-refractivity contribution is 5.77. The van der Waals surface area contributed by atoms with E-state index in [1.165, 1.54) is 212 Å². The fourth-order valence-corrected chi connectivity index (χ4v) is 13.7. The summed E-state index contributed by atoms with van der Waals surface area (Å²) in [6.45, 7) is 2.26. The van der Waals surface area contributed by atoms with Crippen LogP contribution in [0, 0.1) is 0 Å². The van der Waals surface area contributed by atoms with Crippen LogP contribution in [0.1, 0.15) is 310 Å². The van der Waals surface area contributed by atoms with E-state index < -0.39 is 148 Å². The van der Waals surface area contributed by atoms with Crippen LogP contribution in [0.5, 0.6) is 0 Å². The van der Waals surface area contributed by atoms with Crippen molar-refractivity contribution in [2.75, 3.05) is 26.4 Å². The van der Waals surface area contributed by atoms with E-state index in [1.807, 2.05) is 0 Å². The van der Waals surface area contributed by atoms with Crippen LogP contribution < -0.4 is 10.6 Å². The van der Waals surface area contributed by atoms with Crippen LogP contribution in [0.2, 0.25) is 0 Å². The van der Waals surface area contributed by atoms with Gasteiger partial charge in [0.05, 0.1) is 50.7 Å². The number of aliphatic hydroxyl groups excluding tert-OH is 11. The fourth-order valence-electron chi connectivity index (χ4n) is 13.7. The minimum absolute atomic E-state index is 0.230. The van der Waals surface area contributed by atoms with Crippen LogP contribution in [0.15, 0.2) is 0 Å². The summed E-state index contributed by atoms with van der Waals surface area (Å²) in [5.74, 6) is -6.09. The lowest BCUT2D eigenvalue weighted by atomic mass is 9.88. The Balaban J connectivity index is 1.54. The Labute approximate surface area is 576 Å². The van der Waals surface area contributed by atoms with Crippen LogP contribution in [-0.2, 0) is 42.8 Å². The average molecular weight is 1380 g/mol. The number of ether oxygens (including phenoxy) is 6. The molecule has 0 aromatic rings. The van der Waals surface area contributed by atoms with E-state index in [2.05, 4.69) is 24.5 Å². The molecule has 3 aliphatic heterocycles. The highest BCUT2D eigenvalue weighted by Crippen LogP contribution is 2.39. The molecule has 0 spiro atoms. The molecule has 0 saturated carbocycles. The number of aliphatic hydroxyl groups is 11. The Morgan fingerprint density at radius 3 is 1.30 bits per heavy atom. The second-order valence-corrected chi connectivity index (χ2v) is 28.2. The molecule has 96 heavy (non-hydrogen) atoms. The van der Waals surface area contributed by atoms with Gasteiger partial charge in [-0.25, -0.2) is 4.79 Å². The summed E-state index contributed by atoms with van der Waals surface area (Å²) >= 11 is 0. The highest BCUT2D eigenvalue weighted by Gasteiger charge is 2.60. The van der Waals surface area contributed by atoms with E-state index >= 15 is 0 Å². The van der Waals surface area contributed by atoms with Crippen LogP contribution in [-0.4, -0.2) is 215 Å². The fraction of sp³-hybridized carbons (Fsp3) is 0.959. The summed E-state index contributed by atoms with van der Waals surface area (Å²) < 4.78 is 34.9. The second-order valence-electron chi connectivity index (χ2n) is 28.2. The predicted octanol–water partition coefficient (Wildman–Crippen LogP) is 8.85. The van der Waals surface area contributed by atoms with E-state index in [0.29, 0.717) is 19.3 Å². The zero-order valence-electron chi connectivity index (χ0n) is 59.5. The Bertz CT molecular complexity index is 1930. The maximum atomic E-state index is 13.5. The van der Waals surface area contributed by atoms with Gasteiger partial charge in [0.15, 0.2) is 12.6 Å². The minimum atomic E-state index is -3.08. The molecule has 3 aliphatic rings. The average Bonchev–Trinajstić information content (AvgIpc) is 0.759. The largest absolute Gasteiger partial charge is 0.477 e. The van der Waals surface area contributed by atoms with Crippen molar-refractivity contribution < 1.29 is 104 Å². The molecule has 0 aliphatic carbocycles. The molecule has 2 amide bonds. The summed E-state index contributed by atoms with van der Waals surface area (Å²) in [5.41, 5.74) is 0. The molecule has 18 unspecified atom stereocenters. The van der Waals surface area contributed by atoms with E-state index in [-0.39, 0.29) is 18.9 Å². The SMILES string of the molecule is CCCCCCCCCCCCCCCCCCCCCCCCC(=O)NC(COC1OC(CO)C(OC2OC(CO)C(O)C(OC3(C(=O)O)CC(O)C(NC(C)=O)C(C(O)C(O)CO)O3)C2O)C(O)C1O)C(O)CCCCCCCCCCCCCCCCCCCCCC. The molecule has 23 heteroatoms. The van der Waals surface area contributed by atoms with Crippen LogP contribution >= 0.6 is 0 Å². The van der Waals surface area contributed by atoms with E-state index in [4.69, 9.17) is 28.4 Å². The number of aliphatic carboxylic acids is 1. The first-order chi connectivity index (χ1) is 46.4. The maximum absolute atomic E-state index is 13.5. The lowest BCUT2D eigenvalue weighted by Gasteiger charge is -2.50. The lowest BCUT2D eigenvalue weighted by molar-refractivity contribution is -0.386. The number of nitrogens with one attached hydrogen (secondary N) is 2. The van der Waals surface area contributed by atoms with Crippen molar-refractivity contribution >= 4 is 17.8 Å². The number of carboxylic acids is 1. The highest BCUT2D eigenvalue weighted by atomic mass is 16.8. The van der Waals surface area contributed by atoms with Gasteiger partial charge in [0.2, 0.25) is 11.8 Å². The Hall–Kier alpha value is -2.27. The second kappa shape index (κ2) is 53.5. The quantitative estimate of drug-likeness (QED) is 0.0253. The zero-order valence-corrected chi connectivity index (χ0v) is 59.5. The van der Waals surface area contributed by atoms with Gasteiger partial charge in [-0.3, -0.25) is 9.59 Å². The van der Waals surface area contributed by atoms with Gasteiger partial charge in [-0.1, -0.05) is 277 Å². The van der Waals surface area contributed by atoms with Crippen molar-refractivity contribution in [2.24, 2.45) is 0 Å². The van der Waals surface area contributed by atoms with Gasteiger partial charge in [-0.05, 0) is 12.8 Å². The molecule has 0 aromatic heterocycles. The first-order valence-electron chi connectivity index (χ1n) is 38.4. The Morgan fingerprint density at radius 1 is 0.500 bits per heavy atom. The summed E-state index contributed by atoms with van der Waals surface area (Å²) in [5, 5.41) is 136. The third kappa shape index (κ3) is 34.6. The number of carboxylic acid groups (broad SMARTS) is 1. The molecule has 3 rings (SSSR count). The van der Waals surface area contributed by atoms with Crippen molar-refractivity contribution in [3.63, 3.8) is 0 Å². The van der Waals surface area contributed by atoms with Crippen LogP contribution in [0.4, 0.5) is 0 Å². The van der Waals surface area contributed by atoms with Gasteiger partial charge in [0.1, 0.15) is 67.1 Å². The topological polar surface area (TPSA) is 373 Å². The minimum Gasteiger partial charge on any atom is -0.477 e. The number of hydrogen-bond acceptors (Lipinski definition) is 20. The smallest absolute Gasteiger partial charge is 0.364 e. The third-order valence-corrected chi connectivity index (χ3v) is 19.8. The van der Waals surface area contributed by atoms with E-state index in [9.17, 15) is 75.7 Å². The van der Waals surface area contributed by atoms with E-state index in [0.717, 1.165) is 51.9 Å². The standard InChI is InChI=1S/C73H138N2O21/c1-4-6-8-10-12-14-16-18-20-22-24-26-27-29-31-33-35-37-39-41-43-45-47-60(83)75-54(55(80)46-44-42-40-38-36-34-32-30-28-25-23-21-19-17-15-13-11-9-7-5-2)52-91-70-65(87)64(86)67(59(51-78)93-70)94-71-66(88)69(63(85)58(50-77)92-71)96-73(72(89)90)48-56(81)61(74-53(3)79)68(95-73)62(84)57(82)49-76/h54-59,61-71,76-78,80-82,84-88H,4-52H2,1-3H3,(H,74,79)(H,75,83)(H,89,90). The van der Waals surface area contributed by atoms with E-state index in [1.54, 1.807) is 0 Å². The van der Waals surface area contributed by atoms with Gasteiger partial charge in [0.25, 0.3) is 5.79 Å². The summed E-state index contributed by atoms with van der Waals surface area (Å²) in [6.07, 6.45) is 23.8. The molecular formula is C73H138N2O21. The molecule has 0 radical (unpaired) electrons. The van der Waals surface area contributed by atoms with Gasteiger partial charge in [-0.2, -0.15) is 0 Å². The number of carbonyl (C=O) groups is 3. The van der Waals surface area contributed by atoms with Gasteiger partial charge >= 0.3 is 5.97 Å². The van der Waals surface area contributed by atoms with Crippen LogP contribution in [0.3, 0.4) is 0 Å². The van der Waals surface area contributed by atoms with Gasteiger partial charge < -0.3 is 100 Å². The molecule has 3 saturated heterocycles. The molecule has 23 nitrogen and oxygen atoms in total. The van der Waals surface area contributed by atoms with Crippen molar-refractivity contribution in [3.8, 4) is 0 Å². The normalized spacial score (nSPS) is 27.5. The molecule has 3 heterocycles. The van der Waals surface area contributed by atoms with Gasteiger partial charge in [0, 0.05) is 19.8 Å². The number of amides is 2. The number of hydrogen-bond donors (Lipinski definition) is 14.